The lowest BCUT2D eigenvalue weighted by molar-refractivity contribution is 0.0518. The van der Waals surface area contributed by atoms with Gasteiger partial charge in [0, 0.05) is 6.54 Å². The van der Waals surface area contributed by atoms with E-state index in [2.05, 4.69) is 17.2 Å². The number of carbonyl (C=O) groups is 1. The Bertz CT molecular complexity index is 333. The highest BCUT2D eigenvalue weighted by atomic mass is 16.5. The Hall–Kier alpha value is -1.39. The molecule has 0 saturated carbocycles. The van der Waals surface area contributed by atoms with Gasteiger partial charge in [-0.1, -0.05) is 18.6 Å². The summed E-state index contributed by atoms with van der Waals surface area (Å²) in [7, 11) is 0. The number of aryl methyl sites for hydroxylation is 1. The summed E-state index contributed by atoms with van der Waals surface area (Å²) < 4.78 is 6.62. The molecule has 0 unspecified atom stereocenters. The van der Waals surface area contributed by atoms with Crippen LogP contribution in [0.4, 0.5) is 0 Å². The van der Waals surface area contributed by atoms with E-state index >= 15 is 0 Å². The van der Waals surface area contributed by atoms with E-state index in [1.54, 1.807) is 11.6 Å². The van der Waals surface area contributed by atoms with Crippen molar-refractivity contribution in [2.45, 2.75) is 40.2 Å². The molecule has 5 nitrogen and oxygen atoms in total. The van der Waals surface area contributed by atoms with Crippen molar-refractivity contribution < 1.29 is 9.53 Å². The molecule has 1 heterocycles. The standard InChI is InChI=1S/C10H17N3O2/c1-4-6-7-13-8(3)9(11-12-13)10(14)15-5-2/h4-7H2,1-3H3. The molecule has 0 atom stereocenters. The number of aromatic nitrogens is 3. The summed E-state index contributed by atoms with van der Waals surface area (Å²) >= 11 is 0. The fourth-order valence-electron chi connectivity index (χ4n) is 1.27. The van der Waals surface area contributed by atoms with Crippen LogP contribution in [0.3, 0.4) is 0 Å². The number of unbranched alkanes of at least 4 members (excludes halogenated alkanes) is 1. The first-order valence-corrected chi connectivity index (χ1v) is 5.27. The lowest BCUT2D eigenvalue weighted by atomic mass is 10.3. The van der Waals surface area contributed by atoms with Crippen LogP contribution in [0.2, 0.25) is 0 Å². The summed E-state index contributed by atoms with van der Waals surface area (Å²) in [6.45, 7) is 6.88. The van der Waals surface area contributed by atoms with Gasteiger partial charge in [-0.15, -0.1) is 5.10 Å². The van der Waals surface area contributed by atoms with Gasteiger partial charge in [-0.05, 0) is 20.3 Å². The minimum absolute atomic E-state index is 0.327. The van der Waals surface area contributed by atoms with Gasteiger partial charge < -0.3 is 4.74 Å². The molecule has 1 rings (SSSR count). The minimum Gasteiger partial charge on any atom is -0.461 e. The van der Waals surface area contributed by atoms with E-state index < -0.39 is 5.97 Å². The van der Waals surface area contributed by atoms with Gasteiger partial charge >= 0.3 is 5.97 Å². The highest BCUT2D eigenvalue weighted by molar-refractivity contribution is 5.88. The molecule has 5 heteroatoms. The van der Waals surface area contributed by atoms with E-state index in [9.17, 15) is 4.79 Å². The maximum atomic E-state index is 11.4. The average Bonchev–Trinajstić information content (AvgIpc) is 2.57. The van der Waals surface area contributed by atoms with Crippen molar-refractivity contribution in [3.63, 3.8) is 0 Å². The van der Waals surface area contributed by atoms with E-state index in [1.165, 1.54) is 0 Å². The molecule has 0 radical (unpaired) electrons. The van der Waals surface area contributed by atoms with Crippen LogP contribution >= 0.6 is 0 Å². The summed E-state index contributed by atoms with van der Waals surface area (Å²) in [5.74, 6) is -0.391. The number of nitrogens with zero attached hydrogens (tertiary/aromatic N) is 3. The first kappa shape index (κ1) is 11.7. The van der Waals surface area contributed by atoms with Crippen molar-refractivity contribution >= 4 is 5.97 Å². The van der Waals surface area contributed by atoms with E-state index in [0.717, 1.165) is 25.1 Å². The monoisotopic (exact) mass is 211 g/mol. The van der Waals surface area contributed by atoms with Crippen LogP contribution < -0.4 is 0 Å². The summed E-state index contributed by atoms with van der Waals surface area (Å²) in [5.41, 5.74) is 1.11. The zero-order valence-corrected chi connectivity index (χ0v) is 9.49. The van der Waals surface area contributed by atoms with E-state index in [1.807, 2.05) is 6.92 Å². The first-order valence-electron chi connectivity index (χ1n) is 5.27. The van der Waals surface area contributed by atoms with Gasteiger partial charge in [-0.2, -0.15) is 0 Å². The Labute approximate surface area is 89.4 Å². The van der Waals surface area contributed by atoms with Crippen LogP contribution in [-0.2, 0) is 11.3 Å². The molecular weight excluding hydrogens is 194 g/mol. The topological polar surface area (TPSA) is 57.0 Å². The Morgan fingerprint density at radius 3 is 2.80 bits per heavy atom. The van der Waals surface area contributed by atoms with E-state index in [-0.39, 0.29) is 0 Å². The molecule has 0 bridgehead atoms. The van der Waals surface area contributed by atoms with Gasteiger partial charge in [0.05, 0.1) is 12.3 Å². The van der Waals surface area contributed by atoms with Gasteiger partial charge in [0.1, 0.15) is 0 Å². The normalized spacial score (nSPS) is 10.3. The van der Waals surface area contributed by atoms with Gasteiger partial charge in [0.2, 0.25) is 0 Å². The second kappa shape index (κ2) is 5.48. The van der Waals surface area contributed by atoms with E-state index in [4.69, 9.17) is 4.74 Å². The number of carbonyl (C=O) groups excluding carboxylic acids is 1. The van der Waals surface area contributed by atoms with Crippen LogP contribution in [0.15, 0.2) is 0 Å². The van der Waals surface area contributed by atoms with Gasteiger partial charge in [-0.3, -0.25) is 0 Å². The number of ether oxygens (including phenoxy) is 1. The number of rotatable bonds is 5. The first-order chi connectivity index (χ1) is 7.20. The lowest BCUT2D eigenvalue weighted by Crippen LogP contribution is -2.08. The number of esters is 1. The van der Waals surface area contributed by atoms with Crippen LogP contribution in [0.5, 0.6) is 0 Å². The average molecular weight is 211 g/mol. The molecule has 1 aromatic rings. The Kier molecular flexibility index (Phi) is 4.27. The molecule has 0 aromatic carbocycles. The minimum atomic E-state index is -0.391. The second-order valence-electron chi connectivity index (χ2n) is 3.32. The fourth-order valence-corrected chi connectivity index (χ4v) is 1.27. The third-order valence-electron chi connectivity index (χ3n) is 2.17. The second-order valence-corrected chi connectivity index (χ2v) is 3.32. The summed E-state index contributed by atoms with van der Waals surface area (Å²) in [5, 5.41) is 7.75. The molecule has 0 amide bonds. The summed E-state index contributed by atoms with van der Waals surface area (Å²) in [6, 6.07) is 0. The van der Waals surface area contributed by atoms with Gasteiger partial charge in [0.25, 0.3) is 0 Å². The largest absolute Gasteiger partial charge is 0.461 e. The van der Waals surface area contributed by atoms with E-state index in [0.29, 0.717) is 12.3 Å². The Morgan fingerprint density at radius 1 is 1.47 bits per heavy atom. The smallest absolute Gasteiger partial charge is 0.360 e. The van der Waals surface area contributed by atoms with Crippen molar-refractivity contribution in [2.24, 2.45) is 0 Å². The molecule has 0 aliphatic carbocycles. The molecule has 0 N–H and O–H groups in total. The lowest BCUT2D eigenvalue weighted by Gasteiger charge is -2.02. The maximum Gasteiger partial charge on any atom is 0.360 e. The predicted octanol–water partition coefficient (Wildman–Crippen LogP) is 1.56. The van der Waals surface area contributed by atoms with Crippen LogP contribution in [-0.4, -0.2) is 27.6 Å². The van der Waals surface area contributed by atoms with Crippen molar-refractivity contribution in [1.29, 1.82) is 0 Å². The highest BCUT2D eigenvalue weighted by Gasteiger charge is 2.16. The molecule has 0 spiro atoms. The molecule has 15 heavy (non-hydrogen) atoms. The highest BCUT2D eigenvalue weighted by Crippen LogP contribution is 2.06. The quantitative estimate of drug-likeness (QED) is 0.693. The third kappa shape index (κ3) is 2.78. The van der Waals surface area contributed by atoms with Crippen molar-refractivity contribution in [3.05, 3.63) is 11.4 Å². The van der Waals surface area contributed by atoms with Crippen molar-refractivity contribution in [2.75, 3.05) is 6.61 Å². The maximum absolute atomic E-state index is 11.4. The Balaban J connectivity index is 2.74. The van der Waals surface area contributed by atoms with Crippen LogP contribution in [0, 0.1) is 6.92 Å². The summed E-state index contributed by atoms with van der Waals surface area (Å²) in [6.07, 6.45) is 2.13. The van der Waals surface area contributed by atoms with Crippen LogP contribution in [0.25, 0.3) is 0 Å². The summed E-state index contributed by atoms with van der Waals surface area (Å²) in [4.78, 5) is 11.4. The van der Waals surface area contributed by atoms with Crippen molar-refractivity contribution in [1.82, 2.24) is 15.0 Å². The zero-order chi connectivity index (χ0) is 11.3. The zero-order valence-electron chi connectivity index (χ0n) is 9.49. The molecule has 0 aliphatic rings. The molecular formula is C10H17N3O2. The van der Waals surface area contributed by atoms with Gasteiger partial charge in [0.15, 0.2) is 5.69 Å². The Morgan fingerprint density at radius 2 is 2.20 bits per heavy atom. The molecule has 0 saturated heterocycles. The van der Waals surface area contributed by atoms with Crippen LogP contribution in [0.1, 0.15) is 42.9 Å². The van der Waals surface area contributed by atoms with Crippen molar-refractivity contribution in [3.8, 4) is 0 Å². The number of hydrogen-bond donors (Lipinski definition) is 0. The predicted molar refractivity (Wildman–Crippen MR) is 55.6 cm³/mol. The van der Waals surface area contributed by atoms with Gasteiger partial charge in [-0.25, -0.2) is 9.48 Å². The molecule has 0 fully saturated rings. The molecule has 1 aromatic heterocycles. The third-order valence-corrected chi connectivity index (χ3v) is 2.17. The number of hydrogen-bond acceptors (Lipinski definition) is 4. The fraction of sp³-hybridized carbons (Fsp3) is 0.700. The molecule has 0 aliphatic heterocycles. The SMILES string of the molecule is CCCCn1nnc(C(=O)OCC)c1C. The molecule has 84 valence electrons.